The largest absolute Gasteiger partial charge is 0.414 e. The Morgan fingerprint density at radius 1 is 1.15 bits per heavy atom. The molecular weight excluding hydrogens is 274 g/mol. The predicted molar refractivity (Wildman–Crippen MR) is 78.0 cm³/mol. The third-order valence-corrected chi connectivity index (χ3v) is 4.57. The fourth-order valence-electron chi connectivity index (χ4n) is 3.09. The topological polar surface area (TPSA) is 43.4 Å². The molecule has 0 unspecified atom stereocenters. The van der Waals surface area contributed by atoms with E-state index in [1.807, 2.05) is 4.68 Å². The van der Waals surface area contributed by atoms with Crippen LogP contribution in [0.5, 0.6) is 0 Å². The van der Waals surface area contributed by atoms with E-state index in [0.29, 0.717) is 4.84 Å². The Bertz CT molecular complexity index is 473. The van der Waals surface area contributed by atoms with Gasteiger partial charge in [0.2, 0.25) is 5.89 Å². The van der Waals surface area contributed by atoms with Gasteiger partial charge >= 0.3 is 0 Å². The zero-order valence-electron chi connectivity index (χ0n) is 11.9. The summed E-state index contributed by atoms with van der Waals surface area (Å²) in [4.78, 5) is 2.80. The maximum atomic E-state index is 5.67. The van der Waals surface area contributed by atoms with Gasteiger partial charge in [-0.2, -0.15) is 0 Å². The van der Waals surface area contributed by atoms with E-state index in [4.69, 9.17) is 21.4 Å². The summed E-state index contributed by atoms with van der Waals surface area (Å²) in [5.74, 6) is 1.55. The van der Waals surface area contributed by atoms with Gasteiger partial charge in [0.05, 0.1) is 19.9 Å². The molecule has 0 radical (unpaired) electrons. The number of hydrogen-bond donors (Lipinski definition) is 0. The van der Waals surface area contributed by atoms with Crippen LogP contribution in [0.3, 0.4) is 0 Å². The fourth-order valence-corrected chi connectivity index (χ4v) is 3.29. The van der Waals surface area contributed by atoms with Crippen LogP contribution in [0.25, 0.3) is 0 Å². The van der Waals surface area contributed by atoms with Crippen molar-refractivity contribution >= 4 is 12.2 Å². The van der Waals surface area contributed by atoms with Crippen molar-refractivity contribution in [2.75, 3.05) is 26.3 Å². The van der Waals surface area contributed by atoms with Crippen molar-refractivity contribution in [1.29, 1.82) is 0 Å². The minimum absolute atomic E-state index is 0.502. The summed E-state index contributed by atoms with van der Waals surface area (Å²) >= 11 is 5.28. The van der Waals surface area contributed by atoms with Gasteiger partial charge in [-0.05, 0) is 31.0 Å². The average molecular weight is 297 g/mol. The summed E-state index contributed by atoms with van der Waals surface area (Å²) in [5.41, 5.74) is 0. The number of aromatic nitrogens is 2. The van der Waals surface area contributed by atoms with Gasteiger partial charge in [-0.1, -0.05) is 19.3 Å². The fraction of sp³-hybridized carbons (Fsp3) is 0.857. The molecule has 1 saturated carbocycles. The second-order valence-corrected chi connectivity index (χ2v) is 6.19. The van der Waals surface area contributed by atoms with Crippen LogP contribution < -0.4 is 0 Å². The van der Waals surface area contributed by atoms with Crippen molar-refractivity contribution in [2.24, 2.45) is 5.92 Å². The smallest absolute Gasteiger partial charge is 0.288 e. The van der Waals surface area contributed by atoms with Crippen LogP contribution in [0.15, 0.2) is 4.42 Å². The molecule has 0 N–H and O–H groups in total. The summed E-state index contributed by atoms with van der Waals surface area (Å²) in [7, 11) is 0. The molecule has 3 rings (SSSR count). The Morgan fingerprint density at radius 3 is 2.65 bits per heavy atom. The highest BCUT2D eigenvalue weighted by Crippen LogP contribution is 2.26. The summed E-state index contributed by atoms with van der Waals surface area (Å²) in [6, 6.07) is 0. The van der Waals surface area contributed by atoms with E-state index in [1.54, 1.807) is 0 Å². The second kappa shape index (κ2) is 6.83. The SMILES string of the molecule is S=c1oc(CC2CCCCC2)nn1CN1CCOCC1. The molecule has 2 heterocycles. The van der Waals surface area contributed by atoms with Crippen LogP contribution in [-0.4, -0.2) is 41.0 Å². The van der Waals surface area contributed by atoms with E-state index in [1.165, 1.54) is 32.1 Å². The molecule has 112 valence electrons. The molecule has 1 aromatic rings. The lowest BCUT2D eigenvalue weighted by Gasteiger charge is -2.25. The van der Waals surface area contributed by atoms with Crippen LogP contribution in [-0.2, 0) is 17.8 Å². The highest BCUT2D eigenvalue weighted by Gasteiger charge is 2.18. The van der Waals surface area contributed by atoms with E-state index in [9.17, 15) is 0 Å². The molecule has 2 fully saturated rings. The minimum atomic E-state index is 0.502. The van der Waals surface area contributed by atoms with E-state index in [2.05, 4.69) is 10.00 Å². The molecule has 0 aromatic carbocycles. The van der Waals surface area contributed by atoms with Gasteiger partial charge in [-0.15, -0.1) is 5.10 Å². The second-order valence-electron chi connectivity index (χ2n) is 5.84. The van der Waals surface area contributed by atoms with Crippen molar-refractivity contribution in [3.63, 3.8) is 0 Å². The predicted octanol–water partition coefficient (Wildman–Crippen LogP) is 2.62. The van der Waals surface area contributed by atoms with Crippen molar-refractivity contribution in [2.45, 2.75) is 45.2 Å². The molecule has 0 bridgehead atoms. The van der Waals surface area contributed by atoms with Crippen molar-refractivity contribution in [3.8, 4) is 0 Å². The van der Waals surface area contributed by atoms with Crippen LogP contribution >= 0.6 is 12.2 Å². The molecule has 1 aliphatic heterocycles. The Morgan fingerprint density at radius 2 is 1.90 bits per heavy atom. The maximum absolute atomic E-state index is 5.67. The van der Waals surface area contributed by atoms with Crippen LogP contribution in [0.2, 0.25) is 0 Å². The van der Waals surface area contributed by atoms with Gasteiger partial charge in [0.1, 0.15) is 0 Å². The maximum Gasteiger partial charge on any atom is 0.288 e. The standard InChI is InChI=1S/C14H23N3O2S/c20-14-17(11-16-6-8-18-9-7-16)15-13(19-14)10-12-4-2-1-3-5-12/h12H,1-11H2. The molecule has 20 heavy (non-hydrogen) atoms. The van der Waals surface area contributed by atoms with Crippen LogP contribution in [0.4, 0.5) is 0 Å². The minimum Gasteiger partial charge on any atom is -0.414 e. The number of nitrogens with zero attached hydrogens (tertiary/aromatic N) is 3. The molecule has 2 aliphatic rings. The molecule has 1 saturated heterocycles. The first-order valence-corrected chi connectivity index (χ1v) is 8.09. The van der Waals surface area contributed by atoms with E-state index in [0.717, 1.165) is 51.2 Å². The average Bonchev–Trinajstić information content (AvgIpc) is 2.81. The third-order valence-electron chi connectivity index (χ3n) is 4.27. The number of ether oxygens (including phenoxy) is 1. The zero-order chi connectivity index (χ0) is 13.8. The molecule has 6 heteroatoms. The third kappa shape index (κ3) is 3.68. The highest BCUT2D eigenvalue weighted by molar-refractivity contribution is 7.71. The number of morpholine rings is 1. The molecule has 0 atom stereocenters. The Hall–Kier alpha value is -0.720. The van der Waals surface area contributed by atoms with E-state index < -0.39 is 0 Å². The van der Waals surface area contributed by atoms with Gasteiger partial charge < -0.3 is 9.15 Å². The van der Waals surface area contributed by atoms with Gasteiger partial charge in [0, 0.05) is 19.5 Å². The Labute approximate surface area is 124 Å². The van der Waals surface area contributed by atoms with Crippen molar-refractivity contribution < 1.29 is 9.15 Å². The molecule has 1 aliphatic carbocycles. The zero-order valence-corrected chi connectivity index (χ0v) is 12.7. The lowest BCUT2D eigenvalue weighted by atomic mass is 9.87. The van der Waals surface area contributed by atoms with E-state index >= 15 is 0 Å². The molecule has 0 spiro atoms. The Kier molecular flexibility index (Phi) is 4.86. The molecular formula is C14H23N3O2S. The first-order valence-electron chi connectivity index (χ1n) is 7.68. The molecule has 0 amide bonds. The lowest BCUT2D eigenvalue weighted by Crippen LogP contribution is -2.37. The number of hydrogen-bond acceptors (Lipinski definition) is 5. The quantitative estimate of drug-likeness (QED) is 0.799. The molecule has 5 nitrogen and oxygen atoms in total. The Balaban J connectivity index is 1.59. The van der Waals surface area contributed by atoms with Crippen LogP contribution in [0, 0.1) is 10.8 Å². The monoisotopic (exact) mass is 297 g/mol. The van der Waals surface area contributed by atoms with Crippen molar-refractivity contribution in [1.82, 2.24) is 14.7 Å². The number of rotatable bonds is 4. The lowest BCUT2D eigenvalue weighted by molar-refractivity contribution is 0.0206. The first kappa shape index (κ1) is 14.2. The summed E-state index contributed by atoms with van der Waals surface area (Å²) in [6.45, 7) is 4.18. The normalized spacial score (nSPS) is 22.2. The molecule has 1 aromatic heterocycles. The summed E-state index contributed by atoms with van der Waals surface area (Å²) < 4.78 is 12.8. The van der Waals surface area contributed by atoms with Gasteiger partial charge in [0.15, 0.2) is 0 Å². The van der Waals surface area contributed by atoms with Gasteiger partial charge in [-0.25, -0.2) is 4.68 Å². The first-order chi connectivity index (χ1) is 9.81. The summed E-state index contributed by atoms with van der Waals surface area (Å²) in [5, 5.41) is 4.56. The highest BCUT2D eigenvalue weighted by atomic mass is 32.1. The van der Waals surface area contributed by atoms with Crippen LogP contribution in [0.1, 0.15) is 38.0 Å². The van der Waals surface area contributed by atoms with E-state index in [-0.39, 0.29) is 0 Å². The summed E-state index contributed by atoms with van der Waals surface area (Å²) in [6.07, 6.45) is 7.63. The van der Waals surface area contributed by atoms with Gasteiger partial charge in [0.25, 0.3) is 4.84 Å². The van der Waals surface area contributed by atoms with Gasteiger partial charge in [-0.3, -0.25) is 4.90 Å². The van der Waals surface area contributed by atoms with Crippen molar-refractivity contribution in [3.05, 3.63) is 10.7 Å².